The molecule has 0 saturated carbocycles. The van der Waals surface area contributed by atoms with Crippen LogP contribution in [0.4, 0.5) is 4.79 Å². The lowest BCUT2D eigenvalue weighted by Gasteiger charge is -2.10. The van der Waals surface area contributed by atoms with Gasteiger partial charge in [-0.1, -0.05) is 6.92 Å². The van der Waals surface area contributed by atoms with Crippen LogP contribution in [0.15, 0.2) is 0 Å². The fourth-order valence-electron chi connectivity index (χ4n) is 0.881. The smallest absolute Gasteiger partial charge is 0.466 e. The molecule has 0 radical (unpaired) electrons. The molecular formula is C10H18O5. The molecule has 0 saturated heterocycles. The summed E-state index contributed by atoms with van der Waals surface area (Å²) >= 11 is 0. The number of esters is 1. The van der Waals surface area contributed by atoms with E-state index < -0.39 is 6.16 Å². The van der Waals surface area contributed by atoms with E-state index in [1.807, 2.05) is 0 Å². The molecule has 1 unspecified atom stereocenters. The van der Waals surface area contributed by atoms with Gasteiger partial charge in [0.1, 0.15) is 0 Å². The molecule has 88 valence electrons. The Labute approximate surface area is 89.7 Å². The number of rotatable bonds is 6. The highest BCUT2D eigenvalue weighted by atomic mass is 16.7. The molecule has 1 atom stereocenters. The van der Waals surface area contributed by atoms with Crippen molar-refractivity contribution in [3.8, 4) is 0 Å². The van der Waals surface area contributed by atoms with Crippen molar-refractivity contribution >= 4 is 12.1 Å². The molecule has 0 fully saturated rings. The summed E-state index contributed by atoms with van der Waals surface area (Å²) in [4.78, 5) is 21.9. The van der Waals surface area contributed by atoms with Crippen LogP contribution in [0.5, 0.6) is 0 Å². The number of ether oxygens (including phenoxy) is 3. The number of hydrogen-bond donors (Lipinski definition) is 0. The van der Waals surface area contributed by atoms with Gasteiger partial charge in [-0.2, -0.15) is 0 Å². The quantitative estimate of drug-likeness (QED) is 0.635. The molecule has 0 aliphatic heterocycles. The molecule has 0 aromatic carbocycles. The van der Waals surface area contributed by atoms with Gasteiger partial charge in [-0.15, -0.1) is 0 Å². The Morgan fingerprint density at radius 2 is 1.67 bits per heavy atom. The zero-order chi connectivity index (χ0) is 11.7. The van der Waals surface area contributed by atoms with E-state index in [1.165, 1.54) is 0 Å². The van der Waals surface area contributed by atoms with Gasteiger partial charge >= 0.3 is 12.1 Å². The van der Waals surface area contributed by atoms with E-state index in [0.29, 0.717) is 13.0 Å². The molecule has 0 aliphatic carbocycles. The van der Waals surface area contributed by atoms with Gasteiger partial charge in [-0.05, 0) is 20.3 Å². The molecule has 0 bridgehead atoms. The lowest BCUT2D eigenvalue weighted by Crippen LogP contribution is -2.18. The van der Waals surface area contributed by atoms with Crippen molar-refractivity contribution in [2.24, 2.45) is 5.92 Å². The lowest BCUT2D eigenvalue weighted by atomic mass is 10.1. The van der Waals surface area contributed by atoms with Gasteiger partial charge in [0.2, 0.25) is 0 Å². The first-order valence-electron chi connectivity index (χ1n) is 5.08. The maximum atomic E-state index is 11.2. The fourth-order valence-corrected chi connectivity index (χ4v) is 0.881. The van der Waals surface area contributed by atoms with Gasteiger partial charge in [-0.25, -0.2) is 4.79 Å². The Morgan fingerprint density at radius 3 is 2.20 bits per heavy atom. The van der Waals surface area contributed by atoms with Crippen LogP contribution < -0.4 is 0 Å². The number of carbonyl (C=O) groups is 2. The van der Waals surface area contributed by atoms with Crippen molar-refractivity contribution in [2.75, 3.05) is 19.8 Å². The summed E-state index contributed by atoms with van der Waals surface area (Å²) in [5.74, 6) is -0.538. The second-order valence-electron chi connectivity index (χ2n) is 2.97. The molecule has 0 amide bonds. The van der Waals surface area contributed by atoms with Crippen LogP contribution in [-0.4, -0.2) is 31.9 Å². The summed E-state index contributed by atoms with van der Waals surface area (Å²) in [5, 5.41) is 0. The predicted octanol–water partition coefficient (Wildman–Crippen LogP) is 1.75. The SMILES string of the molecule is CCOC(=O)OCCC(C)C(=O)OCC. The van der Waals surface area contributed by atoms with Crippen molar-refractivity contribution in [1.82, 2.24) is 0 Å². The normalized spacial score (nSPS) is 11.7. The van der Waals surface area contributed by atoms with E-state index in [2.05, 4.69) is 4.74 Å². The Hall–Kier alpha value is -1.26. The number of carbonyl (C=O) groups excluding carboxylic acids is 2. The maximum Gasteiger partial charge on any atom is 0.508 e. The highest BCUT2D eigenvalue weighted by molar-refractivity contribution is 5.71. The van der Waals surface area contributed by atoms with E-state index in [4.69, 9.17) is 9.47 Å². The van der Waals surface area contributed by atoms with Crippen LogP contribution in [0.1, 0.15) is 27.2 Å². The Bertz CT molecular complexity index is 202. The molecule has 0 aromatic heterocycles. The summed E-state index contributed by atoms with van der Waals surface area (Å²) in [6.45, 7) is 5.99. The first-order chi connectivity index (χ1) is 7.11. The summed E-state index contributed by atoms with van der Waals surface area (Å²) in [5.41, 5.74) is 0. The molecule has 0 aromatic rings. The van der Waals surface area contributed by atoms with Crippen molar-refractivity contribution in [2.45, 2.75) is 27.2 Å². The average Bonchev–Trinajstić information content (AvgIpc) is 2.18. The van der Waals surface area contributed by atoms with Crippen LogP contribution in [0.2, 0.25) is 0 Å². The van der Waals surface area contributed by atoms with Crippen LogP contribution in [-0.2, 0) is 19.0 Å². The Morgan fingerprint density at radius 1 is 1.07 bits per heavy atom. The second-order valence-corrected chi connectivity index (χ2v) is 2.97. The van der Waals surface area contributed by atoms with Gasteiger partial charge in [0.05, 0.1) is 25.7 Å². The van der Waals surface area contributed by atoms with E-state index in [1.54, 1.807) is 20.8 Å². The van der Waals surface area contributed by atoms with Crippen molar-refractivity contribution in [3.63, 3.8) is 0 Å². The molecule has 0 spiro atoms. The minimum Gasteiger partial charge on any atom is -0.466 e. The highest BCUT2D eigenvalue weighted by Gasteiger charge is 2.14. The molecule has 0 heterocycles. The zero-order valence-corrected chi connectivity index (χ0v) is 9.45. The monoisotopic (exact) mass is 218 g/mol. The van der Waals surface area contributed by atoms with Crippen LogP contribution in [0.25, 0.3) is 0 Å². The van der Waals surface area contributed by atoms with E-state index in [9.17, 15) is 9.59 Å². The maximum absolute atomic E-state index is 11.2. The van der Waals surface area contributed by atoms with Crippen molar-refractivity contribution < 1.29 is 23.8 Å². The van der Waals surface area contributed by atoms with Crippen LogP contribution in [0, 0.1) is 5.92 Å². The summed E-state index contributed by atoms with van der Waals surface area (Å²) < 4.78 is 14.1. The topological polar surface area (TPSA) is 61.8 Å². The van der Waals surface area contributed by atoms with Gasteiger partial charge in [0.25, 0.3) is 0 Å². The predicted molar refractivity (Wildman–Crippen MR) is 53.4 cm³/mol. The fraction of sp³-hybridized carbons (Fsp3) is 0.800. The van der Waals surface area contributed by atoms with E-state index in [0.717, 1.165) is 0 Å². The molecule has 5 heteroatoms. The first-order valence-corrected chi connectivity index (χ1v) is 5.08. The van der Waals surface area contributed by atoms with Gasteiger partial charge in [0.15, 0.2) is 0 Å². The van der Waals surface area contributed by atoms with Gasteiger partial charge in [0, 0.05) is 0 Å². The zero-order valence-electron chi connectivity index (χ0n) is 9.45. The summed E-state index contributed by atoms with van der Waals surface area (Å²) in [6, 6.07) is 0. The van der Waals surface area contributed by atoms with E-state index in [-0.39, 0.29) is 25.1 Å². The van der Waals surface area contributed by atoms with Crippen LogP contribution in [0.3, 0.4) is 0 Å². The molecule has 5 nitrogen and oxygen atoms in total. The third-order valence-electron chi connectivity index (χ3n) is 1.72. The highest BCUT2D eigenvalue weighted by Crippen LogP contribution is 2.05. The minimum absolute atomic E-state index is 0.165. The third kappa shape index (κ3) is 6.76. The van der Waals surface area contributed by atoms with Crippen molar-refractivity contribution in [1.29, 1.82) is 0 Å². The summed E-state index contributed by atoms with van der Waals surface area (Å²) in [7, 11) is 0. The Balaban J connectivity index is 3.58. The standard InChI is InChI=1S/C10H18O5/c1-4-13-9(11)8(3)6-7-15-10(12)14-5-2/h8H,4-7H2,1-3H3. The van der Waals surface area contributed by atoms with Gasteiger partial charge in [-0.3, -0.25) is 4.79 Å². The second kappa shape index (κ2) is 8.08. The Kier molecular flexibility index (Phi) is 7.40. The minimum atomic E-state index is -0.700. The number of hydrogen-bond acceptors (Lipinski definition) is 5. The summed E-state index contributed by atoms with van der Waals surface area (Å²) in [6.07, 6.45) is -0.258. The van der Waals surface area contributed by atoms with E-state index >= 15 is 0 Å². The molecule has 0 N–H and O–H groups in total. The molecule has 0 rings (SSSR count). The largest absolute Gasteiger partial charge is 0.508 e. The van der Waals surface area contributed by atoms with Crippen LogP contribution >= 0.6 is 0 Å². The van der Waals surface area contributed by atoms with Gasteiger partial charge < -0.3 is 14.2 Å². The molecule has 15 heavy (non-hydrogen) atoms. The third-order valence-corrected chi connectivity index (χ3v) is 1.72. The molecular weight excluding hydrogens is 200 g/mol. The van der Waals surface area contributed by atoms with Crippen molar-refractivity contribution in [3.05, 3.63) is 0 Å². The molecule has 0 aliphatic rings. The average molecular weight is 218 g/mol. The lowest BCUT2D eigenvalue weighted by molar-refractivity contribution is -0.148. The first kappa shape index (κ1) is 13.7.